The van der Waals surface area contributed by atoms with Crippen LogP contribution in [0.3, 0.4) is 0 Å². The monoisotopic (exact) mass is 415 g/mol. The summed E-state index contributed by atoms with van der Waals surface area (Å²) in [5.41, 5.74) is 0.480. The smallest absolute Gasteiger partial charge is 0.161 e. The van der Waals surface area contributed by atoms with Crippen LogP contribution in [0.15, 0.2) is 36.4 Å². The van der Waals surface area contributed by atoms with Crippen LogP contribution in [-0.4, -0.2) is 32.2 Å². The molecular weight excluding hydrogens is 390 g/mol. The Labute approximate surface area is 175 Å². The first kappa shape index (κ1) is 19.7. The Bertz CT molecular complexity index is 1030. The van der Waals surface area contributed by atoms with Gasteiger partial charge >= 0.3 is 0 Å². The predicted octanol–water partition coefficient (Wildman–Crippen LogP) is 6.13. The van der Waals surface area contributed by atoms with E-state index in [9.17, 15) is 0 Å². The molecule has 28 heavy (non-hydrogen) atoms. The van der Waals surface area contributed by atoms with Gasteiger partial charge in [0, 0.05) is 17.0 Å². The van der Waals surface area contributed by atoms with Gasteiger partial charge in [-0.1, -0.05) is 35.9 Å². The third kappa shape index (κ3) is 3.56. The summed E-state index contributed by atoms with van der Waals surface area (Å²) in [6.07, 6.45) is 2.95. The molecule has 2 heterocycles. The summed E-state index contributed by atoms with van der Waals surface area (Å²) in [7, 11) is 0. The van der Waals surface area contributed by atoms with Crippen molar-refractivity contribution >= 4 is 34.1 Å². The highest BCUT2D eigenvalue weighted by atomic mass is 35.5. The van der Waals surface area contributed by atoms with Crippen LogP contribution in [0, 0.1) is 0 Å². The van der Waals surface area contributed by atoms with Crippen LogP contribution in [0.25, 0.3) is 22.2 Å². The first-order valence-electron chi connectivity index (χ1n) is 9.53. The van der Waals surface area contributed by atoms with Gasteiger partial charge in [-0.05, 0) is 56.9 Å². The van der Waals surface area contributed by atoms with Gasteiger partial charge in [0.15, 0.2) is 11.6 Å². The van der Waals surface area contributed by atoms with E-state index < -0.39 is 0 Å². The van der Waals surface area contributed by atoms with Crippen LogP contribution in [0.1, 0.15) is 46.0 Å². The van der Waals surface area contributed by atoms with Crippen LogP contribution in [0.4, 0.5) is 0 Å². The molecule has 0 amide bonds. The maximum Gasteiger partial charge on any atom is 0.161 e. The molecule has 1 atom stereocenters. The van der Waals surface area contributed by atoms with Crippen LogP contribution in [0.2, 0.25) is 5.02 Å². The Hall–Kier alpha value is -1.56. The summed E-state index contributed by atoms with van der Waals surface area (Å²) >= 11 is 8.19. The lowest BCUT2D eigenvalue weighted by Gasteiger charge is -2.28. The molecule has 1 aliphatic heterocycles. The van der Waals surface area contributed by atoms with Crippen molar-refractivity contribution in [2.45, 2.75) is 57.1 Å². The van der Waals surface area contributed by atoms with E-state index in [1.54, 1.807) is 11.8 Å². The van der Waals surface area contributed by atoms with Crippen LogP contribution >= 0.6 is 23.4 Å². The van der Waals surface area contributed by atoms with Crippen molar-refractivity contribution in [2.75, 3.05) is 6.26 Å². The molecule has 148 valence electrons. The van der Waals surface area contributed by atoms with Crippen LogP contribution < -0.4 is 0 Å². The van der Waals surface area contributed by atoms with Gasteiger partial charge in [0.1, 0.15) is 0 Å². The minimum absolute atomic E-state index is 0.0957. The fourth-order valence-electron chi connectivity index (χ4n) is 4.33. The second kappa shape index (κ2) is 7.05. The molecule has 1 saturated heterocycles. The Morgan fingerprint density at radius 1 is 1.21 bits per heavy atom. The van der Waals surface area contributed by atoms with Crippen LogP contribution in [-0.2, 0) is 10.5 Å². The highest BCUT2D eigenvalue weighted by Gasteiger charge is 2.48. The lowest BCUT2D eigenvalue weighted by molar-refractivity contribution is -0.0736. The fraction of sp³-hybridized carbons (Fsp3) is 0.455. The quantitative estimate of drug-likeness (QED) is 0.513. The average Bonchev–Trinajstić information content (AvgIpc) is 3.11. The third-order valence-corrected chi connectivity index (χ3v) is 6.10. The molecule has 0 spiro atoms. The van der Waals surface area contributed by atoms with Gasteiger partial charge in [-0.3, -0.25) is 0 Å². The summed E-state index contributed by atoms with van der Waals surface area (Å²) in [5.74, 6) is 2.48. The molecule has 4 rings (SSSR count). The fourth-order valence-corrected chi connectivity index (χ4v) is 4.94. The number of halogens is 1. The lowest BCUT2D eigenvalue weighted by atomic mass is 9.94. The number of hydrogen-bond acceptors (Lipinski definition) is 4. The van der Waals surface area contributed by atoms with Gasteiger partial charge in [0.25, 0.3) is 0 Å². The molecule has 1 unspecified atom stereocenters. The maximum atomic E-state index is 6.47. The van der Waals surface area contributed by atoms with Gasteiger partial charge in [-0.25, -0.2) is 9.67 Å². The minimum Gasteiger partial charge on any atom is -0.367 e. The second-order valence-corrected chi connectivity index (χ2v) is 9.89. The SMILES string of the molecule is CSCc1nc(-c2cc(Cl)cc3ccccc23)n(C2CC(C)(C)OC2(C)C)n1. The number of thioether (sulfide) groups is 1. The number of hydrogen-bond donors (Lipinski definition) is 0. The molecule has 6 heteroatoms. The average molecular weight is 416 g/mol. The summed E-state index contributed by atoms with van der Waals surface area (Å²) in [5, 5.41) is 7.86. The molecule has 4 nitrogen and oxygen atoms in total. The van der Waals surface area contributed by atoms with Crippen molar-refractivity contribution in [2.24, 2.45) is 0 Å². The number of aromatic nitrogens is 3. The van der Waals surface area contributed by atoms with Crippen molar-refractivity contribution in [3.8, 4) is 11.4 Å². The molecule has 0 aliphatic carbocycles. The highest BCUT2D eigenvalue weighted by Crippen LogP contribution is 2.46. The standard InChI is InChI=1S/C22H26ClN3OS/c1-21(2)12-18(22(3,4)27-21)26-20(24-19(25-26)13-28-5)17-11-15(23)10-14-8-6-7-9-16(14)17/h6-11,18H,12-13H2,1-5H3. The van der Waals surface area contributed by atoms with E-state index in [-0.39, 0.29) is 17.2 Å². The molecule has 1 aliphatic rings. The van der Waals surface area contributed by atoms with E-state index in [0.29, 0.717) is 5.02 Å². The van der Waals surface area contributed by atoms with E-state index in [2.05, 4.69) is 56.8 Å². The van der Waals surface area contributed by atoms with Gasteiger partial charge < -0.3 is 4.74 Å². The normalized spacial score (nSPS) is 20.7. The molecule has 0 bridgehead atoms. The maximum absolute atomic E-state index is 6.47. The zero-order valence-corrected chi connectivity index (χ0v) is 18.6. The van der Waals surface area contributed by atoms with Gasteiger partial charge in [0.2, 0.25) is 0 Å². The number of rotatable bonds is 4. The van der Waals surface area contributed by atoms with E-state index in [4.69, 9.17) is 26.4 Å². The summed E-state index contributed by atoms with van der Waals surface area (Å²) in [6, 6.07) is 12.4. The van der Waals surface area contributed by atoms with Crippen LogP contribution in [0.5, 0.6) is 0 Å². The minimum atomic E-state index is -0.336. The predicted molar refractivity (Wildman–Crippen MR) is 118 cm³/mol. The Kier molecular flexibility index (Phi) is 4.97. The third-order valence-electron chi connectivity index (χ3n) is 5.34. The van der Waals surface area contributed by atoms with Gasteiger partial charge in [-0.15, -0.1) is 0 Å². The van der Waals surface area contributed by atoms with E-state index in [1.165, 1.54) is 0 Å². The van der Waals surface area contributed by atoms with Gasteiger partial charge in [0.05, 0.1) is 23.0 Å². The highest BCUT2D eigenvalue weighted by molar-refractivity contribution is 7.97. The zero-order valence-electron chi connectivity index (χ0n) is 17.0. The Morgan fingerprint density at radius 2 is 1.96 bits per heavy atom. The summed E-state index contributed by atoms with van der Waals surface area (Å²) in [6.45, 7) is 8.57. The summed E-state index contributed by atoms with van der Waals surface area (Å²) < 4.78 is 8.44. The number of ether oxygens (including phenoxy) is 1. The molecule has 0 radical (unpaired) electrons. The first-order chi connectivity index (χ1) is 13.2. The van der Waals surface area contributed by atoms with E-state index in [1.807, 2.05) is 18.2 Å². The van der Waals surface area contributed by atoms with E-state index in [0.717, 1.165) is 40.2 Å². The molecular formula is C22H26ClN3OS. The zero-order chi connectivity index (χ0) is 20.1. The molecule has 2 aromatic carbocycles. The Morgan fingerprint density at radius 3 is 2.64 bits per heavy atom. The van der Waals surface area contributed by atoms with Crippen molar-refractivity contribution < 1.29 is 4.74 Å². The lowest BCUT2D eigenvalue weighted by Crippen LogP contribution is -2.32. The molecule has 0 saturated carbocycles. The summed E-state index contributed by atoms with van der Waals surface area (Å²) in [4.78, 5) is 4.94. The van der Waals surface area contributed by atoms with Crippen molar-refractivity contribution in [1.29, 1.82) is 0 Å². The van der Waals surface area contributed by atoms with Crippen molar-refractivity contribution in [1.82, 2.24) is 14.8 Å². The topological polar surface area (TPSA) is 39.9 Å². The first-order valence-corrected chi connectivity index (χ1v) is 11.3. The largest absolute Gasteiger partial charge is 0.367 e. The number of fused-ring (bicyclic) bond motifs is 1. The second-order valence-electron chi connectivity index (χ2n) is 8.59. The molecule has 1 fully saturated rings. The number of nitrogens with zero attached hydrogens (tertiary/aromatic N) is 3. The molecule has 0 N–H and O–H groups in total. The molecule has 1 aromatic heterocycles. The molecule has 3 aromatic rings. The van der Waals surface area contributed by atoms with Crippen molar-refractivity contribution in [3.05, 3.63) is 47.2 Å². The van der Waals surface area contributed by atoms with Crippen molar-refractivity contribution in [3.63, 3.8) is 0 Å². The van der Waals surface area contributed by atoms with E-state index >= 15 is 0 Å². The van der Waals surface area contributed by atoms with Gasteiger partial charge in [-0.2, -0.15) is 16.9 Å². The Balaban J connectivity index is 1.94. The number of benzene rings is 2.